The maximum Gasteiger partial charge on any atom is 0.0361 e. The average molecular weight is 267 g/mol. The van der Waals surface area contributed by atoms with Crippen molar-refractivity contribution in [2.24, 2.45) is 5.73 Å². The van der Waals surface area contributed by atoms with Crippen LogP contribution in [-0.2, 0) is 6.42 Å². The SMILES string of the molecule is CCCCc1ccc(C(N)C(C)c2ccccc2)cc1. The Morgan fingerprint density at radius 3 is 2.15 bits per heavy atom. The van der Waals surface area contributed by atoms with Crippen molar-refractivity contribution < 1.29 is 0 Å². The molecule has 2 atom stereocenters. The van der Waals surface area contributed by atoms with Crippen LogP contribution in [0, 0.1) is 0 Å². The molecule has 0 saturated carbocycles. The van der Waals surface area contributed by atoms with E-state index in [2.05, 4.69) is 62.4 Å². The third kappa shape index (κ3) is 3.71. The van der Waals surface area contributed by atoms with Crippen LogP contribution < -0.4 is 5.73 Å². The molecule has 2 aromatic carbocycles. The molecule has 2 N–H and O–H groups in total. The first-order valence-corrected chi connectivity index (χ1v) is 7.61. The summed E-state index contributed by atoms with van der Waals surface area (Å²) in [5, 5.41) is 0. The maximum atomic E-state index is 6.42. The minimum atomic E-state index is 0.0534. The first-order chi connectivity index (χ1) is 9.72. The Kier molecular flexibility index (Phi) is 5.37. The summed E-state index contributed by atoms with van der Waals surface area (Å²) in [4.78, 5) is 0. The summed E-state index contributed by atoms with van der Waals surface area (Å²) in [5.74, 6) is 0.331. The van der Waals surface area contributed by atoms with Crippen LogP contribution in [0.4, 0.5) is 0 Å². The molecule has 1 heteroatoms. The van der Waals surface area contributed by atoms with Crippen molar-refractivity contribution in [2.45, 2.75) is 45.1 Å². The molecule has 0 saturated heterocycles. The predicted octanol–water partition coefficient (Wildman–Crippen LogP) is 4.83. The van der Waals surface area contributed by atoms with E-state index in [9.17, 15) is 0 Å². The lowest BCUT2D eigenvalue weighted by atomic mass is 9.89. The summed E-state index contributed by atoms with van der Waals surface area (Å²) in [6.07, 6.45) is 3.67. The van der Waals surface area contributed by atoms with Crippen LogP contribution in [0.3, 0.4) is 0 Å². The van der Waals surface area contributed by atoms with Crippen molar-refractivity contribution in [3.05, 3.63) is 71.3 Å². The van der Waals surface area contributed by atoms with Gasteiger partial charge in [-0.25, -0.2) is 0 Å². The highest BCUT2D eigenvalue weighted by Gasteiger charge is 2.16. The molecule has 0 heterocycles. The van der Waals surface area contributed by atoms with Crippen LogP contribution in [0.5, 0.6) is 0 Å². The van der Waals surface area contributed by atoms with E-state index in [0.29, 0.717) is 5.92 Å². The van der Waals surface area contributed by atoms with Crippen molar-refractivity contribution in [2.75, 3.05) is 0 Å². The van der Waals surface area contributed by atoms with Crippen molar-refractivity contribution in [1.29, 1.82) is 0 Å². The van der Waals surface area contributed by atoms with E-state index in [1.54, 1.807) is 0 Å². The number of hydrogen-bond acceptors (Lipinski definition) is 1. The summed E-state index contributed by atoms with van der Waals surface area (Å²) < 4.78 is 0. The summed E-state index contributed by atoms with van der Waals surface area (Å²) in [7, 11) is 0. The Balaban J connectivity index is 2.07. The molecule has 0 aliphatic carbocycles. The van der Waals surface area contributed by atoms with Crippen molar-refractivity contribution >= 4 is 0 Å². The number of nitrogens with two attached hydrogens (primary N) is 1. The van der Waals surface area contributed by atoms with E-state index in [1.807, 2.05) is 6.07 Å². The summed E-state index contributed by atoms with van der Waals surface area (Å²) >= 11 is 0. The number of unbranched alkanes of at least 4 members (excludes halogenated alkanes) is 1. The number of rotatable bonds is 6. The minimum Gasteiger partial charge on any atom is -0.323 e. The molecule has 0 fully saturated rings. The van der Waals surface area contributed by atoms with E-state index in [0.717, 1.165) is 0 Å². The third-order valence-corrected chi connectivity index (χ3v) is 4.05. The molecule has 0 radical (unpaired) electrons. The topological polar surface area (TPSA) is 26.0 Å². The van der Waals surface area contributed by atoms with E-state index >= 15 is 0 Å². The monoisotopic (exact) mass is 267 g/mol. The van der Waals surface area contributed by atoms with Crippen molar-refractivity contribution in [3.8, 4) is 0 Å². The van der Waals surface area contributed by atoms with Crippen LogP contribution in [0.15, 0.2) is 54.6 Å². The molecule has 1 nitrogen and oxygen atoms in total. The fourth-order valence-corrected chi connectivity index (χ4v) is 2.54. The van der Waals surface area contributed by atoms with Crippen molar-refractivity contribution in [1.82, 2.24) is 0 Å². The fraction of sp³-hybridized carbons (Fsp3) is 0.368. The smallest absolute Gasteiger partial charge is 0.0361 e. The van der Waals surface area contributed by atoms with Gasteiger partial charge in [0, 0.05) is 12.0 Å². The van der Waals surface area contributed by atoms with Crippen LogP contribution in [-0.4, -0.2) is 0 Å². The molecule has 106 valence electrons. The van der Waals surface area contributed by atoms with Crippen LogP contribution >= 0.6 is 0 Å². The van der Waals surface area contributed by atoms with Gasteiger partial charge in [0.25, 0.3) is 0 Å². The van der Waals surface area contributed by atoms with E-state index in [1.165, 1.54) is 36.0 Å². The quantitative estimate of drug-likeness (QED) is 0.796. The normalized spacial score (nSPS) is 13.9. The molecular weight excluding hydrogens is 242 g/mol. The van der Waals surface area contributed by atoms with E-state index in [4.69, 9.17) is 5.73 Å². The van der Waals surface area contributed by atoms with Gasteiger partial charge in [0.05, 0.1) is 0 Å². The first kappa shape index (κ1) is 14.8. The Morgan fingerprint density at radius 1 is 0.900 bits per heavy atom. The van der Waals surface area contributed by atoms with Crippen LogP contribution in [0.2, 0.25) is 0 Å². The molecule has 2 unspecified atom stereocenters. The standard InChI is InChI=1S/C19H25N/c1-3-4-8-16-11-13-18(14-12-16)19(20)15(2)17-9-6-5-7-10-17/h5-7,9-15,19H,3-4,8,20H2,1-2H3. The van der Waals surface area contributed by atoms with Gasteiger partial charge < -0.3 is 5.73 Å². The van der Waals surface area contributed by atoms with Gasteiger partial charge in [-0.1, -0.05) is 74.9 Å². The maximum absolute atomic E-state index is 6.42. The molecule has 0 amide bonds. The highest BCUT2D eigenvalue weighted by atomic mass is 14.6. The Hall–Kier alpha value is -1.60. The summed E-state index contributed by atoms with van der Waals surface area (Å²) in [5.41, 5.74) is 10.4. The van der Waals surface area contributed by atoms with E-state index < -0.39 is 0 Å². The largest absolute Gasteiger partial charge is 0.323 e. The molecule has 0 aliphatic rings. The molecule has 2 aromatic rings. The van der Waals surface area contributed by atoms with Crippen LogP contribution in [0.1, 0.15) is 55.3 Å². The molecule has 2 rings (SSSR count). The molecule has 0 bridgehead atoms. The fourth-order valence-electron chi connectivity index (χ4n) is 2.54. The number of aryl methyl sites for hydroxylation is 1. The van der Waals surface area contributed by atoms with Gasteiger partial charge >= 0.3 is 0 Å². The van der Waals surface area contributed by atoms with Gasteiger partial charge in [0.2, 0.25) is 0 Å². The minimum absolute atomic E-state index is 0.0534. The van der Waals surface area contributed by atoms with Gasteiger partial charge in [-0.05, 0) is 29.5 Å². The Bertz CT molecular complexity index is 501. The lowest BCUT2D eigenvalue weighted by Gasteiger charge is -2.21. The first-order valence-electron chi connectivity index (χ1n) is 7.61. The average Bonchev–Trinajstić information content (AvgIpc) is 2.53. The summed E-state index contributed by atoms with van der Waals surface area (Å²) in [6.45, 7) is 4.43. The van der Waals surface area contributed by atoms with Gasteiger partial charge in [-0.2, -0.15) is 0 Å². The van der Waals surface area contributed by atoms with Crippen LogP contribution in [0.25, 0.3) is 0 Å². The number of hydrogen-bond donors (Lipinski definition) is 1. The van der Waals surface area contributed by atoms with Gasteiger partial charge in [-0.15, -0.1) is 0 Å². The second-order valence-electron chi connectivity index (χ2n) is 5.57. The molecule has 0 spiro atoms. The van der Waals surface area contributed by atoms with Gasteiger partial charge in [-0.3, -0.25) is 0 Å². The Labute approximate surface area is 122 Å². The summed E-state index contributed by atoms with van der Waals surface area (Å²) in [6, 6.07) is 19.4. The molecule has 0 aliphatic heterocycles. The highest BCUT2D eigenvalue weighted by molar-refractivity contribution is 5.29. The third-order valence-electron chi connectivity index (χ3n) is 4.05. The number of benzene rings is 2. The predicted molar refractivity (Wildman–Crippen MR) is 86.8 cm³/mol. The second kappa shape index (κ2) is 7.25. The Morgan fingerprint density at radius 2 is 1.55 bits per heavy atom. The highest BCUT2D eigenvalue weighted by Crippen LogP contribution is 2.28. The second-order valence-corrected chi connectivity index (χ2v) is 5.57. The zero-order valence-electron chi connectivity index (χ0n) is 12.5. The van der Waals surface area contributed by atoms with E-state index in [-0.39, 0.29) is 6.04 Å². The lowest BCUT2D eigenvalue weighted by Crippen LogP contribution is -2.17. The lowest BCUT2D eigenvalue weighted by molar-refractivity contribution is 0.598. The zero-order chi connectivity index (χ0) is 14.4. The molecular formula is C19H25N. The zero-order valence-corrected chi connectivity index (χ0v) is 12.5. The van der Waals surface area contributed by atoms with Crippen molar-refractivity contribution in [3.63, 3.8) is 0 Å². The molecule has 20 heavy (non-hydrogen) atoms. The molecule has 0 aromatic heterocycles. The van der Waals surface area contributed by atoms with Gasteiger partial charge in [0.1, 0.15) is 0 Å². The van der Waals surface area contributed by atoms with Gasteiger partial charge in [0.15, 0.2) is 0 Å².